The molecular formula is C14H9ClN4O4. The van der Waals surface area contributed by atoms with Gasteiger partial charge >= 0.3 is 5.97 Å². The highest BCUT2D eigenvalue weighted by atomic mass is 35.5. The Morgan fingerprint density at radius 2 is 2.04 bits per heavy atom. The van der Waals surface area contributed by atoms with Crippen LogP contribution in [0.3, 0.4) is 0 Å². The number of nitrogen functional groups attached to an aromatic ring is 1. The minimum absolute atomic E-state index is 0.0170. The number of carbonyl (C=O) groups excluding carboxylic acids is 1. The summed E-state index contributed by atoms with van der Waals surface area (Å²) in [6.07, 6.45) is 2.51. The second-order valence-corrected chi connectivity index (χ2v) is 4.97. The Bertz CT molecular complexity index is 920. The van der Waals surface area contributed by atoms with Crippen LogP contribution in [0.5, 0.6) is 0 Å². The molecule has 0 aromatic carbocycles. The van der Waals surface area contributed by atoms with Crippen LogP contribution in [0, 0.1) is 0 Å². The van der Waals surface area contributed by atoms with Crippen molar-refractivity contribution in [1.29, 1.82) is 0 Å². The molecule has 0 aliphatic carbocycles. The van der Waals surface area contributed by atoms with Gasteiger partial charge in [0, 0.05) is 12.4 Å². The number of amides is 1. The van der Waals surface area contributed by atoms with E-state index >= 15 is 0 Å². The number of fused-ring (bicyclic) bond motifs is 1. The number of carboxylic acid groups (broad SMARTS) is 1. The van der Waals surface area contributed by atoms with Crippen LogP contribution >= 0.6 is 11.6 Å². The molecule has 9 heteroatoms. The third-order valence-corrected chi connectivity index (χ3v) is 3.21. The first-order valence-corrected chi connectivity index (χ1v) is 6.67. The molecule has 0 spiro atoms. The fourth-order valence-corrected chi connectivity index (χ4v) is 2.02. The SMILES string of the molecule is Nc1c(C(=O)Nc2ccc(Cl)cn2)oc2cc(C(=O)O)cnc12. The molecule has 3 rings (SSSR count). The van der Waals surface area contributed by atoms with Crippen molar-refractivity contribution in [1.82, 2.24) is 9.97 Å². The number of nitrogens with two attached hydrogens (primary N) is 1. The van der Waals surface area contributed by atoms with E-state index in [1.54, 1.807) is 6.07 Å². The Labute approximate surface area is 133 Å². The zero-order valence-corrected chi connectivity index (χ0v) is 12.2. The molecule has 8 nitrogen and oxygen atoms in total. The molecule has 23 heavy (non-hydrogen) atoms. The number of pyridine rings is 2. The van der Waals surface area contributed by atoms with Gasteiger partial charge in [-0.3, -0.25) is 4.79 Å². The maximum atomic E-state index is 12.2. The van der Waals surface area contributed by atoms with E-state index in [-0.39, 0.29) is 33.9 Å². The zero-order valence-electron chi connectivity index (χ0n) is 11.4. The van der Waals surface area contributed by atoms with Gasteiger partial charge in [-0.1, -0.05) is 11.6 Å². The first-order valence-electron chi connectivity index (χ1n) is 6.30. The molecule has 1 amide bonds. The van der Waals surface area contributed by atoms with Crippen LogP contribution < -0.4 is 11.1 Å². The lowest BCUT2D eigenvalue weighted by molar-refractivity contribution is 0.0696. The van der Waals surface area contributed by atoms with Crippen molar-refractivity contribution in [3.05, 3.63) is 46.9 Å². The summed E-state index contributed by atoms with van der Waals surface area (Å²) in [5.74, 6) is -1.71. The number of rotatable bonds is 3. The van der Waals surface area contributed by atoms with Crippen LogP contribution in [0.25, 0.3) is 11.1 Å². The van der Waals surface area contributed by atoms with E-state index in [4.69, 9.17) is 26.9 Å². The molecule has 116 valence electrons. The summed E-state index contributed by atoms with van der Waals surface area (Å²) in [6, 6.07) is 4.32. The van der Waals surface area contributed by atoms with Gasteiger partial charge in [-0.15, -0.1) is 0 Å². The number of nitrogens with one attached hydrogen (secondary N) is 1. The standard InChI is InChI=1S/C14H9ClN4O4/c15-7-1-2-9(17-5-7)19-13(20)12-10(16)11-8(23-12)3-6(4-18-11)14(21)22/h1-5H,16H2,(H,21,22)(H,17,19,20). The second-order valence-electron chi connectivity index (χ2n) is 4.54. The number of hydrogen-bond acceptors (Lipinski definition) is 6. The molecule has 0 bridgehead atoms. The maximum absolute atomic E-state index is 12.2. The van der Waals surface area contributed by atoms with Gasteiger partial charge in [0.2, 0.25) is 5.76 Å². The van der Waals surface area contributed by atoms with Crippen LogP contribution in [-0.4, -0.2) is 27.0 Å². The smallest absolute Gasteiger partial charge is 0.337 e. The van der Waals surface area contributed by atoms with Crippen LogP contribution in [0.2, 0.25) is 5.02 Å². The van der Waals surface area contributed by atoms with Crippen molar-refractivity contribution in [2.24, 2.45) is 0 Å². The molecule has 0 saturated heterocycles. The van der Waals surface area contributed by atoms with E-state index in [1.165, 1.54) is 18.3 Å². The predicted octanol–water partition coefficient (Wildman–Crippen LogP) is 2.41. The first kappa shape index (κ1) is 14.8. The quantitative estimate of drug-likeness (QED) is 0.671. The number of hydrogen-bond donors (Lipinski definition) is 3. The van der Waals surface area contributed by atoms with Crippen molar-refractivity contribution in [2.75, 3.05) is 11.1 Å². The lowest BCUT2D eigenvalue weighted by atomic mass is 10.2. The molecule has 0 atom stereocenters. The van der Waals surface area contributed by atoms with Gasteiger partial charge in [0.25, 0.3) is 5.91 Å². The third kappa shape index (κ3) is 2.79. The van der Waals surface area contributed by atoms with Crippen molar-refractivity contribution < 1.29 is 19.1 Å². The highest BCUT2D eigenvalue weighted by molar-refractivity contribution is 6.30. The van der Waals surface area contributed by atoms with Crippen molar-refractivity contribution in [3.63, 3.8) is 0 Å². The number of halogens is 1. The average molecular weight is 333 g/mol. The molecular weight excluding hydrogens is 324 g/mol. The number of nitrogens with zero attached hydrogens (tertiary/aromatic N) is 2. The van der Waals surface area contributed by atoms with Gasteiger partial charge in [0.05, 0.1) is 10.6 Å². The molecule has 0 aliphatic rings. The monoisotopic (exact) mass is 332 g/mol. The normalized spacial score (nSPS) is 10.7. The molecule has 0 radical (unpaired) electrons. The Morgan fingerprint density at radius 3 is 2.70 bits per heavy atom. The van der Waals surface area contributed by atoms with Gasteiger partial charge in [-0.05, 0) is 18.2 Å². The molecule has 3 aromatic rings. The van der Waals surface area contributed by atoms with Gasteiger partial charge in [-0.25, -0.2) is 14.8 Å². The molecule has 0 unspecified atom stereocenters. The Morgan fingerprint density at radius 1 is 1.26 bits per heavy atom. The summed E-state index contributed by atoms with van der Waals surface area (Å²) in [5, 5.41) is 11.9. The average Bonchev–Trinajstić information content (AvgIpc) is 2.86. The number of furan rings is 1. The summed E-state index contributed by atoms with van der Waals surface area (Å²) >= 11 is 5.71. The fourth-order valence-electron chi connectivity index (χ4n) is 1.91. The van der Waals surface area contributed by atoms with E-state index in [1.807, 2.05) is 0 Å². The largest absolute Gasteiger partial charge is 0.478 e. The Balaban J connectivity index is 1.95. The van der Waals surface area contributed by atoms with Crippen LogP contribution in [-0.2, 0) is 0 Å². The summed E-state index contributed by atoms with van der Waals surface area (Å²) in [4.78, 5) is 31.0. The second kappa shape index (κ2) is 5.58. The lowest BCUT2D eigenvalue weighted by Crippen LogP contribution is -2.13. The van der Waals surface area contributed by atoms with Gasteiger partial charge in [0.15, 0.2) is 5.58 Å². The molecule has 3 heterocycles. The third-order valence-electron chi connectivity index (χ3n) is 2.99. The molecule has 0 aliphatic heterocycles. The van der Waals surface area contributed by atoms with Gasteiger partial charge in [-0.2, -0.15) is 0 Å². The summed E-state index contributed by atoms with van der Waals surface area (Å²) in [6.45, 7) is 0. The topological polar surface area (TPSA) is 131 Å². The summed E-state index contributed by atoms with van der Waals surface area (Å²) in [7, 11) is 0. The highest BCUT2D eigenvalue weighted by Crippen LogP contribution is 2.27. The van der Waals surface area contributed by atoms with Crippen LogP contribution in [0.1, 0.15) is 20.9 Å². The highest BCUT2D eigenvalue weighted by Gasteiger charge is 2.21. The number of anilines is 2. The fraction of sp³-hybridized carbons (Fsp3) is 0. The number of aromatic carboxylic acids is 1. The molecule has 0 saturated carbocycles. The van der Waals surface area contributed by atoms with E-state index in [0.29, 0.717) is 5.02 Å². The molecule has 3 aromatic heterocycles. The molecule has 4 N–H and O–H groups in total. The van der Waals surface area contributed by atoms with Gasteiger partial charge < -0.3 is 20.6 Å². The molecule has 0 fully saturated rings. The number of aromatic nitrogens is 2. The van der Waals surface area contributed by atoms with E-state index in [9.17, 15) is 9.59 Å². The Hall–Kier alpha value is -3.13. The summed E-state index contributed by atoms with van der Waals surface area (Å²) < 4.78 is 5.33. The van der Waals surface area contributed by atoms with Crippen molar-refractivity contribution >= 4 is 46.1 Å². The van der Waals surface area contributed by atoms with Crippen LogP contribution in [0.15, 0.2) is 35.0 Å². The predicted molar refractivity (Wildman–Crippen MR) is 82.6 cm³/mol. The lowest BCUT2D eigenvalue weighted by Gasteiger charge is -2.02. The van der Waals surface area contributed by atoms with Crippen LogP contribution in [0.4, 0.5) is 11.5 Å². The zero-order chi connectivity index (χ0) is 16.6. The number of carboxylic acids is 1. The summed E-state index contributed by atoms with van der Waals surface area (Å²) in [5.41, 5.74) is 6.10. The van der Waals surface area contributed by atoms with E-state index in [0.717, 1.165) is 6.20 Å². The maximum Gasteiger partial charge on any atom is 0.337 e. The minimum Gasteiger partial charge on any atom is -0.478 e. The van der Waals surface area contributed by atoms with Crippen molar-refractivity contribution in [2.45, 2.75) is 0 Å². The van der Waals surface area contributed by atoms with Gasteiger partial charge in [0.1, 0.15) is 17.0 Å². The number of carbonyl (C=O) groups is 2. The Kier molecular flexibility index (Phi) is 3.59. The van der Waals surface area contributed by atoms with E-state index < -0.39 is 11.9 Å². The minimum atomic E-state index is -1.16. The van der Waals surface area contributed by atoms with E-state index in [2.05, 4.69) is 15.3 Å². The first-order chi connectivity index (χ1) is 11.0. The van der Waals surface area contributed by atoms with Crippen molar-refractivity contribution in [3.8, 4) is 0 Å².